The fraction of sp³-hybridized carbons (Fsp3) is 0.400. The number of rotatable bonds is 17. The first-order valence-electron chi connectivity index (χ1n) is 23.8. The highest BCUT2D eigenvalue weighted by Gasteiger charge is 2.52. The first-order valence-corrected chi connectivity index (χ1v) is 28.3. The van der Waals surface area contributed by atoms with Crippen LogP contribution in [-0.4, -0.2) is 126 Å². The van der Waals surface area contributed by atoms with Crippen LogP contribution in [0, 0.1) is 0 Å². The van der Waals surface area contributed by atoms with Crippen molar-refractivity contribution in [1.29, 1.82) is 0 Å². The Hall–Kier alpha value is -6.38. The number of H-pyrrole nitrogens is 1. The number of aryl methyl sites for hydroxylation is 3. The molecular weight excluding hydrogens is 1060 g/mol. The van der Waals surface area contributed by atoms with E-state index in [4.69, 9.17) is 29.7 Å². The number of anilines is 2. The molecule has 9 rings (SSSR count). The minimum atomic E-state index is -5.92. The molecule has 6 heterocycles. The molecule has 0 bridgehead atoms. The fourth-order valence-corrected chi connectivity index (χ4v) is 13.0. The van der Waals surface area contributed by atoms with Gasteiger partial charge in [-0.25, -0.2) is 32.4 Å². The average molecular weight is 1120 g/mol. The maximum absolute atomic E-state index is 13.9. The number of phosphoric ester groups is 1. The fourth-order valence-electron chi connectivity index (χ4n) is 9.97. The van der Waals surface area contributed by atoms with Crippen molar-refractivity contribution in [3.8, 4) is 11.5 Å². The van der Waals surface area contributed by atoms with Crippen LogP contribution in [0.4, 0.5) is 16.4 Å². The van der Waals surface area contributed by atoms with E-state index < -0.39 is 78.1 Å². The third-order valence-electron chi connectivity index (χ3n) is 13.2. The van der Waals surface area contributed by atoms with Crippen LogP contribution in [0.15, 0.2) is 53.6 Å². The van der Waals surface area contributed by atoms with Crippen molar-refractivity contribution in [2.24, 2.45) is 7.05 Å². The van der Waals surface area contributed by atoms with Gasteiger partial charge in [0.25, 0.3) is 17.4 Å². The van der Waals surface area contributed by atoms with Crippen molar-refractivity contribution < 1.29 is 89.8 Å². The van der Waals surface area contributed by atoms with Gasteiger partial charge in [-0.15, -0.1) is 0 Å². The summed E-state index contributed by atoms with van der Waals surface area (Å²) in [5.74, 6) is -1.07. The number of benzene rings is 3. The zero-order valence-electron chi connectivity index (χ0n) is 40.9. The van der Waals surface area contributed by atoms with Crippen molar-refractivity contribution in [3.05, 3.63) is 103 Å². The van der Waals surface area contributed by atoms with Crippen LogP contribution < -0.4 is 51.3 Å². The monoisotopic (exact) mass is 1120 g/mol. The number of aromatic carboxylic acids is 1. The summed E-state index contributed by atoms with van der Waals surface area (Å²) in [6.45, 7) is 5.87. The van der Waals surface area contributed by atoms with Gasteiger partial charge in [-0.05, 0) is 74.6 Å². The molecule has 2 unspecified atom stereocenters. The van der Waals surface area contributed by atoms with Gasteiger partial charge >= 0.3 is 41.2 Å². The number of nitrogens with two attached hydrogens (primary N) is 1. The first kappa shape index (κ1) is 54.4. The molecule has 0 aliphatic carbocycles. The predicted molar refractivity (Wildman–Crippen MR) is 265 cm³/mol. The second-order valence-electron chi connectivity index (χ2n) is 18.1. The summed E-state index contributed by atoms with van der Waals surface area (Å²) in [5, 5.41) is 28.9. The average Bonchev–Trinajstić information content (AvgIpc) is 3.84. The Kier molecular flexibility index (Phi) is 15.2. The number of ether oxygens (including phenoxy) is 3. The highest BCUT2D eigenvalue weighted by Crippen LogP contribution is 2.66. The Morgan fingerprint density at radius 3 is 2.42 bits per heavy atom. The molecule has 0 spiro atoms. The molecule has 406 valence electrons. The zero-order chi connectivity index (χ0) is 54.6. The maximum atomic E-state index is 13.9. The standard InChI is InChI=1S/C45H52N9O19P3/c1-4-52-14-6-8-23-16-28-32(19-30(23)52)69-33-20-31-24(9-7-15-53(31)5-2)17-29(33)35(28)27-18-25(10-11-26(27)43(58)59)40(56)47-12-13-48-45(60)71-38-37(55)34(21-68-75(64,65)73-76(66,67)72-74(61,62)63)70-42(38)54-22-51(3)36-39(54)49-44(46)50-41(36)57/h10-11,16-20,22,34,37-38,42,55H,4-9,12-15,21H2,1-3H3,(H8-2,46,47,48,49,50,56,57,58,59,60,61,62,63,64,65,66,67)/p+2/t34-,37-,38-,42-/m1/s1. The molecule has 5 aromatic rings. The van der Waals surface area contributed by atoms with Gasteiger partial charge in [0.2, 0.25) is 17.1 Å². The second kappa shape index (κ2) is 21.2. The van der Waals surface area contributed by atoms with Gasteiger partial charge in [0.1, 0.15) is 36.8 Å². The van der Waals surface area contributed by atoms with Gasteiger partial charge in [0, 0.05) is 71.8 Å². The summed E-state index contributed by atoms with van der Waals surface area (Å²) >= 11 is 0. The van der Waals surface area contributed by atoms with Crippen LogP contribution in [0.3, 0.4) is 0 Å². The molecule has 4 aliphatic heterocycles. The second-order valence-corrected chi connectivity index (χ2v) is 22.5. The molecule has 28 nitrogen and oxygen atoms in total. The van der Waals surface area contributed by atoms with Gasteiger partial charge in [-0.2, -0.15) is 8.62 Å². The number of aliphatic hydroxyl groups excluding tert-OH is 1. The van der Waals surface area contributed by atoms with Crippen LogP contribution in [0.5, 0.6) is 11.5 Å². The molecule has 3 aromatic carbocycles. The largest absolute Gasteiger partial charge is 0.490 e. The summed E-state index contributed by atoms with van der Waals surface area (Å²) in [6, 6.07) is 12.4. The van der Waals surface area contributed by atoms with Gasteiger partial charge in [-0.1, -0.05) is 4.98 Å². The number of nitrogens with zero attached hydrogens (tertiary/aromatic N) is 5. The summed E-state index contributed by atoms with van der Waals surface area (Å²) in [6.07, 6.45) is -3.49. The van der Waals surface area contributed by atoms with E-state index in [0.29, 0.717) is 27.9 Å². The van der Waals surface area contributed by atoms with Gasteiger partial charge in [-0.3, -0.25) is 23.7 Å². The number of carboxylic acids is 1. The first-order chi connectivity index (χ1) is 35.9. The molecule has 4 aliphatic rings. The number of carbonyl (C=O) groups excluding carboxylic acids is 2. The quantitative estimate of drug-likeness (QED) is 0.0338. The number of carbonyl (C=O) groups is 3. The molecule has 0 radical (unpaired) electrons. The third-order valence-corrected chi connectivity index (χ3v) is 17.0. The summed E-state index contributed by atoms with van der Waals surface area (Å²) < 4.78 is 70.6. The number of hydrogen-bond donors (Lipinski definition) is 10. The molecule has 1 fully saturated rings. The number of phosphoric acid groups is 3. The molecule has 0 saturated carbocycles. The number of aromatic amines is 1. The van der Waals surface area contributed by atoms with Crippen LogP contribution in [0.25, 0.3) is 16.7 Å². The van der Waals surface area contributed by atoms with Crippen molar-refractivity contribution in [3.63, 3.8) is 0 Å². The lowest BCUT2D eigenvalue weighted by molar-refractivity contribution is -0.745. The molecule has 1 saturated heterocycles. The Morgan fingerprint density at radius 1 is 0.947 bits per heavy atom. The molecule has 76 heavy (non-hydrogen) atoms. The number of amides is 2. The SMILES string of the molecule is CCN1CCCc2cc3c(cc21)Oc1cc2c(cc1=C3c1cc(C(=O)NCCNC(=O)O[C@@H]3[C@H](O)[C@@H](COP(=O)(O)OP(=O)(O)OP(=O)(O)O)O[C@H]3[n+]3cn(C)c4c(=O)[nH]c(N)nc43)ccc1C(=O)O)CCC[N+]=2CC. The van der Waals surface area contributed by atoms with Gasteiger partial charge < -0.3 is 65.3 Å². The van der Waals surface area contributed by atoms with E-state index in [1.165, 1.54) is 36.1 Å². The number of hydrogen-bond acceptors (Lipinski definition) is 17. The van der Waals surface area contributed by atoms with Crippen LogP contribution in [0.1, 0.15) is 75.9 Å². The Morgan fingerprint density at radius 2 is 1.70 bits per heavy atom. The number of carboxylic acid groups (broad SMARTS) is 1. The topological polar surface area (TPSA) is 390 Å². The maximum Gasteiger partial charge on any atom is 0.490 e. The van der Waals surface area contributed by atoms with Crippen LogP contribution in [0.2, 0.25) is 0 Å². The van der Waals surface area contributed by atoms with E-state index in [-0.39, 0.29) is 46.9 Å². The minimum Gasteiger partial charge on any atom is -0.478 e. The number of alkyl carbamates (subject to hydrolysis) is 1. The zero-order valence-corrected chi connectivity index (χ0v) is 43.5. The normalized spacial score (nSPS) is 20.6. The minimum absolute atomic E-state index is 0.0454. The highest BCUT2D eigenvalue weighted by atomic mass is 31.3. The Balaban J connectivity index is 0.948. The number of aliphatic hydroxyl groups is 1. The van der Waals surface area contributed by atoms with Crippen molar-refractivity contribution in [2.75, 3.05) is 56.5 Å². The molecular formula is C45H54N9O19P3+2. The van der Waals surface area contributed by atoms with E-state index in [9.17, 15) is 52.9 Å². The number of fused-ring (bicyclic) bond motifs is 5. The smallest absolute Gasteiger partial charge is 0.478 e. The molecule has 2 aromatic heterocycles. The Bertz CT molecular complexity index is 3550. The number of imidazole rings is 1. The third kappa shape index (κ3) is 11.2. The molecule has 2 amide bonds. The van der Waals surface area contributed by atoms with Crippen molar-refractivity contribution in [2.45, 2.75) is 64.1 Å². The predicted octanol–water partition coefficient (Wildman–Crippen LogP) is 0.539. The number of nitrogens with one attached hydrogen (secondary N) is 3. The molecule has 11 N–H and O–H groups in total. The van der Waals surface area contributed by atoms with E-state index in [0.717, 1.165) is 78.6 Å². The lowest BCUT2D eigenvalue weighted by atomic mass is 9.85. The molecule has 6 atom stereocenters. The number of aromatic nitrogens is 4. The lowest BCUT2D eigenvalue weighted by Gasteiger charge is -2.32. The molecule has 31 heteroatoms. The number of nitrogen functional groups attached to an aromatic ring is 1. The summed E-state index contributed by atoms with van der Waals surface area (Å²) in [7, 11) is -15.9. The van der Waals surface area contributed by atoms with Crippen molar-refractivity contribution >= 4 is 69.8 Å². The Labute approximate surface area is 430 Å². The summed E-state index contributed by atoms with van der Waals surface area (Å²) in [4.78, 5) is 99.3. The van der Waals surface area contributed by atoms with E-state index in [1.807, 2.05) is 12.1 Å². The van der Waals surface area contributed by atoms with Gasteiger partial charge in [0.05, 0.1) is 25.3 Å². The van der Waals surface area contributed by atoms with Crippen molar-refractivity contribution in [1.82, 2.24) is 29.7 Å². The van der Waals surface area contributed by atoms with E-state index in [2.05, 4.69) is 69.2 Å². The lowest BCUT2D eigenvalue weighted by Crippen LogP contribution is -2.49. The van der Waals surface area contributed by atoms with Crippen LogP contribution in [-0.2, 0) is 56.2 Å². The highest BCUT2D eigenvalue weighted by molar-refractivity contribution is 7.66. The van der Waals surface area contributed by atoms with E-state index in [1.54, 1.807) is 0 Å². The summed E-state index contributed by atoms with van der Waals surface area (Å²) in [5.41, 5.74) is 9.76. The van der Waals surface area contributed by atoms with Gasteiger partial charge in [0.15, 0.2) is 12.4 Å². The van der Waals surface area contributed by atoms with Crippen LogP contribution >= 0.6 is 23.5 Å². The van der Waals surface area contributed by atoms with E-state index >= 15 is 0 Å².